The first-order chi connectivity index (χ1) is 17.8. The number of hydrogen-bond acceptors (Lipinski definition) is 10. The van der Waals surface area contributed by atoms with Crippen LogP contribution in [0.15, 0.2) is 53.7 Å². The predicted molar refractivity (Wildman–Crippen MR) is 142 cm³/mol. The molecular weight excluding hydrogens is 519 g/mol. The molecule has 0 saturated carbocycles. The highest BCUT2D eigenvalue weighted by molar-refractivity contribution is 7.89. The molecule has 0 amide bonds. The van der Waals surface area contributed by atoms with E-state index >= 15 is 0 Å². The van der Waals surface area contributed by atoms with Gasteiger partial charge in [-0.25, -0.2) is 22.8 Å². The molecule has 0 aliphatic heterocycles. The van der Waals surface area contributed by atoms with Crippen molar-refractivity contribution in [2.75, 3.05) is 51.2 Å². The highest BCUT2D eigenvalue weighted by atomic mass is 32.2. The molecule has 0 bridgehead atoms. The second-order valence-electron chi connectivity index (χ2n) is 8.02. The number of rotatable bonds is 12. The van der Waals surface area contributed by atoms with Crippen molar-refractivity contribution in [3.8, 4) is 0 Å². The van der Waals surface area contributed by atoms with Crippen LogP contribution in [-0.4, -0.2) is 68.2 Å². The summed E-state index contributed by atoms with van der Waals surface area (Å²) < 4.78 is 52.0. The lowest BCUT2D eigenvalue weighted by Crippen LogP contribution is -2.36. The Hall–Kier alpha value is -3.23. The first kappa shape index (κ1) is 26.8. The maximum Gasteiger partial charge on any atom is 0.243 e. The summed E-state index contributed by atoms with van der Waals surface area (Å²) >= 11 is 1.34. The summed E-state index contributed by atoms with van der Waals surface area (Å²) in [4.78, 5) is 13.2. The average molecular weight is 547 g/mol. The van der Waals surface area contributed by atoms with Crippen LogP contribution < -0.4 is 10.6 Å². The zero-order valence-corrected chi connectivity index (χ0v) is 22.2. The van der Waals surface area contributed by atoms with E-state index in [1.807, 2.05) is 0 Å². The van der Waals surface area contributed by atoms with E-state index in [2.05, 4.69) is 25.6 Å². The molecule has 0 fully saturated rings. The van der Waals surface area contributed by atoms with Crippen LogP contribution in [0.1, 0.15) is 5.56 Å². The van der Waals surface area contributed by atoms with Gasteiger partial charge in [-0.2, -0.15) is 9.29 Å². The van der Waals surface area contributed by atoms with Gasteiger partial charge in [0.05, 0.1) is 18.1 Å². The van der Waals surface area contributed by atoms with Crippen LogP contribution in [0, 0.1) is 12.7 Å². The van der Waals surface area contributed by atoms with Gasteiger partial charge >= 0.3 is 0 Å². The van der Waals surface area contributed by atoms with Gasteiger partial charge in [-0.05, 0) is 55.0 Å². The normalized spacial score (nSPS) is 11.8. The van der Waals surface area contributed by atoms with E-state index in [-0.39, 0.29) is 37.0 Å². The van der Waals surface area contributed by atoms with Crippen LogP contribution >= 0.6 is 11.3 Å². The van der Waals surface area contributed by atoms with E-state index in [4.69, 9.17) is 9.47 Å². The van der Waals surface area contributed by atoms with Crippen LogP contribution in [-0.2, 0) is 19.5 Å². The zero-order valence-electron chi connectivity index (χ0n) is 20.6. The third-order valence-corrected chi connectivity index (χ3v) is 8.32. The smallest absolute Gasteiger partial charge is 0.243 e. The number of thiazole rings is 1. The molecule has 2 N–H and O–H groups in total. The first-order valence-corrected chi connectivity index (χ1v) is 13.6. The molecule has 0 aliphatic carbocycles. The predicted octanol–water partition coefficient (Wildman–Crippen LogP) is 4.30. The van der Waals surface area contributed by atoms with E-state index in [9.17, 15) is 12.8 Å². The Morgan fingerprint density at radius 1 is 0.973 bits per heavy atom. The first-order valence-electron chi connectivity index (χ1n) is 11.3. The molecule has 0 aliphatic rings. The van der Waals surface area contributed by atoms with Crippen molar-refractivity contribution >= 4 is 54.0 Å². The number of halogens is 1. The highest BCUT2D eigenvalue weighted by Gasteiger charge is 2.24. The standard InChI is InChI=1S/C24H27FN6O4S2/c1-16-14-18(6-9-20(16)25)28-22-21-23(27-15-26-22)30-24(36-21)29-17-4-7-19(8-5-17)37(32,33)31(10-12-34-2)11-13-35-3/h4-9,14-15H,10-13H2,1-3H3,(H2,26,27,28,29,30). The summed E-state index contributed by atoms with van der Waals surface area (Å²) in [5, 5.41) is 6.94. The Morgan fingerprint density at radius 2 is 1.65 bits per heavy atom. The summed E-state index contributed by atoms with van der Waals surface area (Å²) in [5.41, 5.74) is 2.38. The summed E-state index contributed by atoms with van der Waals surface area (Å²) in [6, 6.07) is 11.2. The molecule has 2 aromatic heterocycles. The number of nitrogens with zero attached hydrogens (tertiary/aromatic N) is 4. The molecule has 4 aromatic rings. The molecule has 37 heavy (non-hydrogen) atoms. The number of methoxy groups -OCH3 is 2. The van der Waals surface area contributed by atoms with Gasteiger partial charge < -0.3 is 20.1 Å². The van der Waals surface area contributed by atoms with Crippen LogP contribution in [0.2, 0.25) is 0 Å². The summed E-state index contributed by atoms with van der Waals surface area (Å²) in [6.45, 7) is 2.70. The molecule has 13 heteroatoms. The van der Waals surface area contributed by atoms with Crippen LogP contribution in [0.25, 0.3) is 10.3 Å². The second kappa shape index (κ2) is 11.9. The van der Waals surface area contributed by atoms with Gasteiger partial charge in [0.2, 0.25) is 10.0 Å². The number of anilines is 4. The quantitative estimate of drug-likeness (QED) is 0.268. The Labute approximate surface area is 218 Å². The lowest BCUT2D eigenvalue weighted by Gasteiger charge is -2.21. The fourth-order valence-electron chi connectivity index (χ4n) is 3.48. The molecule has 0 atom stereocenters. The number of fused-ring (bicyclic) bond motifs is 1. The molecule has 10 nitrogen and oxygen atoms in total. The monoisotopic (exact) mass is 546 g/mol. The summed E-state index contributed by atoms with van der Waals surface area (Å²) in [7, 11) is -0.663. The van der Waals surface area contributed by atoms with Gasteiger partial charge in [0.25, 0.3) is 0 Å². The number of hydrogen-bond donors (Lipinski definition) is 2. The largest absolute Gasteiger partial charge is 0.383 e. The Balaban J connectivity index is 1.52. The van der Waals surface area contributed by atoms with Gasteiger partial charge in [0.15, 0.2) is 16.6 Å². The van der Waals surface area contributed by atoms with Crippen LogP contribution in [0.4, 0.5) is 26.7 Å². The van der Waals surface area contributed by atoms with Crippen LogP contribution in [0.3, 0.4) is 0 Å². The van der Waals surface area contributed by atoms with Gasteiger partial charge in [0.1, 0.15) is 16.8 Å². The van der Waals surface area contributed by atoms with Gasteiger partial charge in [-0.15, -0.1) is 0 Å². The van der Waals surface area contributed by atoms with Gasteiger partial charge in [0, 0.05) is 38.7 Å². The minimum atomic E-state index is -3.71. The third-order valence-electron chi connectivity index (χ3n) is 5.44. The van der Waals surface area contributed by atoms with Crippen molar-refractivity contribution < 1.29 is 22.3 Å². The minimum absolute atomic E-state index is 0.168. The molecule has 2 heterocycles. The van der Waals surface area contributed by atoms with E-state index in [1.165, 1.54) is 42.3 Å². The Morgan fingerprint density at radius 3 is 2.30 bits per heavy atom. The van der Waals surface area contributed by atoms with Gasteiger partial charge in [-0.1, -0.05) is 11.3 Å². The van der Waals surface area contributed by atoms with Crippen LogP contribution in [0.5, 0.6) is 0 Å². The number of aryl methyl sites for hydroxylation is 1. The SMILES string of the molecule is COCCN(CCOC)S(=O)(=O)c1ccc(Nc2nc3ncnc(Nc4ccc(F)c(C)c4)c3s2)cc1. The van der Waals surface area contributed by atoms with Gasteiger partial charge in [-0.3, -0.25) is 0 Å². The molecule has 0 unspecified atom stereocenters. The molecule has 0 radical (unpaired) electrons. The van der Waals surface area contributed by atoms with E-state index in [1.54, 1.807) is 43.3 Å². The lowest BCUT2D eigenvalue weighted by atomic mass is 10.2. The molecule has 196 valence electrons. The summed E-state index contributed by atoms with van der Waals surface area (Å²) in [5.74, 6) is 0.273. The van der Waals surface area contributed by atoms with E-state index in [0.717, 1.165) is 4.70 Å². The van der Waals surface area contributed by atoms with Crippen molar-refractivity contribution in [2.45, 2.75) is 11.8 Å². The minimum Gasteiger partial charge on any atom is -0.383 e. The summed E-state index contributed by atoms with van der Waals surface area (Å²) in [6.07, 6.45) is 1.41. The fourth-order valence-corrected chi connectivity index (χ4v) is 5.77. The van der Waals surface area contributed by atoms with Crippen molar-refractivity contribution in [1.82, 2.24) is 19.3 Å². The molecule has 2 aromatic carbocycles. The number of ether oxygens (including phenoxy) is 2. The van der Waals surface area contributed by atoms with Crippen molar-refractivity contribution in [1.29, 1.82) is 0 Å². The molecule has 0 spiro atoms. The third kappa shape index (κ3) is 6.37. The molecule has 4 rings (SSSR count). The number of aromatic nitrogens is 3. The lowest BCUT2D eigenvalue weighted by molar-refractivity contribution is 0.150. The maximum atomic E-state index is 13.6. The van der Waals surface area contributed by atoms with Crippen molar-refractivity contribution in [3.05, 3.63) is 60.2 Å². The number of nitrogens with one attached hydrogen (secondary N) is 2. The highest BCUT2D eigenvalue weighted by Crippen LogP contribution is 2.33. The number of benzene rings is 2. The van der Waals surface area contributed by atoms with E-state index < -0.39 is 10.0 Å². The number of sulfonamides is 1. The molecular formula is C24H27FN6O4S2. The van der Waals surface area contributed by atoms with E-state index in [0.29, 0.717) is 33.5 Å². The molecule has 0 saturated heterocycles. The Bertz CT molecular complexity index is 1460. The van der Waals surface area contributed by atoms with Crippen molar-refractivity contribution in [3.63, 3.8) is 0 Å². The topological polar surface area (TPSA) is 119 Å². The second-order valence-corrected chi connectivity index (χ2v) is 11.0. The zero-order chi connectivity index (χ0) is 26.4. The fraction of sp³-hybridized carbons (Fsp3) is 0.292. The Kier molecular flexibility index (Phi) is 8.61. The maximum absolute atomic E-state index is 13.6. The average Bonchev–Trinajstić information content (AvgIpc) is 3.30. The van der Waals surface area contributed by atoms with Crippen molar-refractivity contribution in [2.24, 2.45) is 0 Å².